The second kappa shape index (κ2) is 7.16. The Labute approximate surface area is 149 Å². The van der Waals surface area contributed by atoms with Crippen molar-refractivity contribution < 1.29 is 22.4 Å². The van der Waals surface area contributed by atoms with E-state index in [-0.39, 0.29) is 11.3 Å². The molecule has 0 unspecified atom stereocenters. The van der Waals surface area contributed by atoms with Gasteiger partial charge in [-0.15, -0.1) is 0 Å². The molecule has 0 spiro atoms. The molecule has 140 valence electrons. The molecule has 0 amide bonds. The predicted molar refractivity (Wildman–Crippen MR) is 90.2 cm³/mol. The quantitative estimate of drug-likeness (QED) is 0.691. The molecule has 1 saturated heterocycles. The largest absolute Gasteiger partial charge is 0.394 e. The maximum absolute atomic E-state index is 12.4. The zero-order valence-electron chi connectivity index (χ0n) is 13.9. The molecular weight excluding hydrogens is 364 g/mol. The summed E-state index contributed by atoms with van der Waals surface area (Å²) >= 11 is 0. The van der Waals surface area contributed by atoms with Crippen molar-refractivity contribution in [3.8, 4) is 0 Å². The number of rotatable bonds is 5. The number of nitrogens with zero attached hydrogens (tertiary/aromatic N) is 1. The molecule has 26 heavy (non-hydrogen) atoms. The van der Waals surface area contributed by atoms with E-state index in [2.05, 4.69) is 4.98 Å². The fourth-order valence-corrected chi connectivity index (χ4v) is 3.87. The zero-order valence-corrected chi connectivity index (χ0v) is 14.7. The van der Waals surface area contributed by atoms with Crippen molar-refractivity contribution in [1.29, 1.82) is 0 Å². The Morgan fingerprint density at radius 3 is 2.65 bits per heavy atom. The smallest absolute Gasteiger partial charge is 0.330 e. The van der Waals surface area contributed by atoms with Crippen LogP contribution in [0.2, 0.25) is 0 Å². The maximum Gasteiger partial charge on any atom is 0.330 e. The van der Waals surface area contributed by atoms with Gasteiger partial charge < -0.3 is 9.84 Å². The molecule has 1 aromatic heterocycles. The lowest BCUT2D eigenvalue weighted by atomic mass is 10.2. The Balaban J connectivity index is 1.85. The molecule has 3 rings (SSSR count). The summed E-state index contributed by atoms with van der Waals surface area (Å²) in [7, 11) is -4.05. The zero-order chi connectivity index (χ0) is 18.9. The number of aryl methyl sites for hydroxylation is 1. The number of ether oxygens (including phenoxy) is 1. The molecule has 2 N–H and O–H groups in total. The normalized spacial score (nSPS) is 23.2. The first-order valence-electron chi connectivity index (χ1n) is 7.88. The van der Waals surface area contributed by atoms with Gasteiger partial charge in [-0.2, -0.15) is 8.42 Å². The van der Waals surface area contributed by atoms with E-state index < -0.39 is 46.4 Å². The number of benzene rings is 1. The molecule has 0 saturated carbocycles. The number of H-pyrrole nitrogens is 1. The van der Waals surface area contributed by atoms with E-state index >= 15 is 0 Å². The lowest BCUT2D eigenvalue weighted by Crippen LogP contribution is -2.33. The Morgan fingerprint density at radius 1 is 1.31 bits per heavy atom. The molecule has 10 heteroatoms. The van der Waals surface area contributed by atoms with Gasteiger partial charge in [-0.05, 0) is 19.1 Å². The molecule has 1 aliphatic heterocycles. The summed E-state index contributed by atoms with van der Waals surface area (Å²) in [6, 6.07) is 7.60. The van der Waals surface area contributed by atoms with Crippen molar-refractivity contribution in [2.24, 2.45) is 0 Å². The minimum Gasteiger partial charge on any atom is -0.394 e. The predicted octanol–water partition coefficient (Wildman–Crippen LogP) is -0.101. The van der Waals surface area contributed by atoms with Crippen molar-refractivity contribution in [2.45, 2.75) is 36.7 Å². The van der Waals surface area contributed by atoms with Crippen LogP contribution in [-0.4, -0.2) is 41.9 Å². The van der Waals surface area contributed by atoms with Crippen LogP contribution in [0.25, 0.3) is 0 Å². The third-order valence-electron chi connectivity index (χ3n) is 4.10. The molecule has 9 nitrogen and oxygen atoms in total. The van der Waals surface area contributed by atoms with Crippen molar-refractivity contribution in [3.63, 3.8) is 0 Å². The van der Waals surface area contributed by atoms with Gasteiger partial charge >= 0.3 is 5.69 Å². The average Bonchev–Trinajstić information content (AvgIpc) is 3.00. The van der Waals surface area contributed by atoms with E-state index in [4.69, 9.17) is 8.92 Å². The summed E-state index contributed by atoms with van der Waals surface area (Å²) in [6.07, 6.45) is -1.44. The van der Waals surface area contributed by atoms with Gasteiger partial charge in [0.2, 0.25) is 0 Å². The van der Waals surface area contributed by atoms with Gasteiger partial charge in [-0.25, -0.2) is 4.79 Å². The second-order valence-electron chi connectivity index (χ2n) is 5.93. The molecule has 0 bridgehead atoms. The van der Waals surface area contributed by atoms with Crippen molar-refractivity contribution >= 4 is 10.1 Å². The van der Waals surface area contributed by atoms with Crippen LogP contribution in [-0.2, 0) is 19.0 Å². The van der Waals surface area contributed by atoms with E-state index in [1.165, 1.54) is 25.3 Å². The second-order valence-corrected chi connectivity index (χ2v) is 7.50. The third kappa shape index (κ3) is 3.63. The average molecular weight is 382 g/mol. The van der Waals surface area contributed by atoms with E-state index in [0.717, 1.165) is 4.57 Å². The standard InChI is InChI=1S/C16H18N2O7S/c1-10-8-18(16(21)17-15(10)20)14-7-12(13(9-19)24-14)25-26(22,23)11-5-3-2-4-6-11/h2-6,8,12-14,19H,7,9H2,1H3,(H,17,20,21)/t12-,13+,14+/m0/s1. The first kappa shape index (κ1) is 18.5. The number of aromatic nitrogens is 2. The van der Waals surface area contributed by atoms with Gasteiger partial charge in [0.1, 0.15) is 18.4 Å². The van der Waals surface area contributed by atoms with Crippen LogP contribution >= 0.6 is 0 Å². The lowest BCUT2D eigenvalue weighted by Gasteiger charge is -2.16. The van der Waals surface area contributed by atoms with Gasteiger partial charge in [0.15, 0.2) is 0 Å². The highest BCUT2D eigenvalue weighted by molar-refractivity contribution is 7.86. The van der Waals surface area contributed by atoms with Crippen LogP contribution in [0.3, 0.4) is 0 Å². The van der Waals surface area contributed by atoms with Crippen LogP contribution in [0.1, 0.15) is 18.2 Å². The molecule has 0 aliphatic carbocycles. The molecule has 1 aromatic carbocycles. The number of aromatic amines is 1. The fourth-order valence-electron chi connectivity index (χ4n) is 2.74. The van der Waals surface area contributed by atoms with Gasteiger partial charge in [0.25, 0.3) is 15.7 Å². The number of hydrogen-bond acceptors (Lipinski definition) is 7. The summed E-state index contributed by atoms with van der Waals surface area (Å²) in [5.41, 5.74) is -0.897. The number of aliphatic hydroxyl groups is 1. The maximum atomic E-state index is 12.4. The molecule has 1 fully saturated rings. The number of hydrogen-bond donors (Lipinski definition) is 2. The Bertz CT molecular complexity index is 997. The minimum absolute atomic E-state index is 0.0165. The van der Waals surface area contributed by atoms with Crippen LogP contribution in [0, 0.1) is 6.92 Å². The van der Waals surface area contributed by atoms with E-state index in [9.17, 15) is 23.1 Å². The highest BCUT2D eigenvalue weighted by atomic mass is 32.2. The molecule has 2 heterocycles. The summed E-state index contributed by atoms with van der Waals surface area (Å²) < 4.78 is 36.7. The highest BCUT2D eigenvalue weighted by Crippen LogP contribution is 2.31. The van der Waals surface area contributed by atoms with Crippen LogP contribution in [0.4, 0.5) is 0 Å². The topological polar surface area (TPSA) is 128 Å². The van der Waals surface area contributed by atoms with Gasteiger partial charge in [0, 0.05) is 18.2 Å². The van der Waals surface area contributed by atoms with Gasteiger partial charge in [-0.1, -0.05) is 18.2 Å². The SMILES string of the molecule is Cc1cn([C@H]2C[C@H](OS(=O)(=O)c3ccccc3)[C@@H](CO)O2)c(=O)[nH]c1=O. The summed E-state index contributed by atoms with van der Waals surface area (Å²) in [6.45, 7) is 1.05. The number of nitrogens with one attached hydrogen (secondary N) is 1. The van der Waals surface area contributed by atoms with Crippen molar-refractivity contribution in [2.75, 3.05) is 6.61 Å². The molecule has 2 aromatic rings. The Kier molecular flexibility index (Phi) is 5.10. The summed E-state index contributed by atoms with van der Waals surface area (Å²) in [5, 5.41) is 9.49. The summed E-state index contributed by atoms with van der Waals surface area (Å²) in [5.74, 6) is 0. The molecule has 3 atom stereocenters. The van der Waals surface area contributed by atoms with Gasteiger partial charge in [-0.3, -0.25) is 18.5 Å². The van der Waals surface area contributed by atoms with Gasteiger partial charge in [0.05, 0.1) is 11.5 Å². The highest BCUT2D eigenvalue weighted by Gasteiger charge is 2.40. The lowest BCUT2D eigenvalue weighted by molar-refractivity contribution is -0.0414. The van der Waals surface area contributed by atoms with E-state index in [0.29, 0.717) is 5.56 Å². The Morgan fingerprint density at radius 2 is 2.00 bits per heavy atom. The minimum atomic E-state index is -4.05. The number of aliphatic hydroxyl groups excluding tert-OH is 1. The van der Waals surface area contributed by atoms with Crippen LogP contribution < -0.4 is 11.2 Å². The monoisotopic (exact) mass is 382 g/mol. The van der Waals surface area contributed by atoms with Crippen molar-refractivity contribution in [1.82, 2.24) is 9.55 Å². The van der Waals surface area contributed by atoms with E-state index in [1.807, 2.05) is 0 Å². The fraction of sp³-hybridized carbons (Fsp3) is 0.375. The molecule has 1 aliphatic rings. The van der Waals surface area contributed by atoms with E-state index in [1.54, 1.807) is 18.2 Å². The first-order chi connectivity index (χ1) is 12.3. The summed E-state index contributed by atoms with van der Waals surface area (Å²) in [4.78, 5) is 25.6. The third-order valence-corrected chi connectivity index (χ3v) is 5.45. The Hall–Kier alpha value is -2.27. The van der Waals surface area contributed by atoms with Crippen LogP contribution in [0.15, 0.2) is 51.0 Å². The molecular formula is C16H18N2O7S. The first-order valence-corrected chi connectivity index (χ1v) is 9.29. The molecule has 0 radical (unpaired) electrons. The van der Waals surface area contributed by atoms with Crippen molar-refractivity contribution in [3.05, 3.63) is 62.9 Å². The van der Waals surface area contributed by atoms with Crippen LogP contribution in [0.5, 0.6) is 0 Å².